The van der Waals surface area contributed by atoms with Crippen LogP contribution < -0.4 is 10.3 Å². The predicted molar refractivity (Wildman–Crippen MR) is 142 cm³/mol. The first kappa shape index (κ1) is 23.7. The zero-order chi connectivity index (χ0) is 25.2. The number of carbonyl (C=O) groups is 1. The summed E-state index contributed by atoms with van der Waals surface area (Å²) in [7, 11) is 1.58. The number of benzene rings is 3. The van der Waals surface area contributed by atoms with Crippen LogP contribution in [0, 0.1) is 10.1 Å². The molecule has 2 heterocycles. The summed E-state index contributed by atoms with van der Waals surface area (Å²) in [4.78, 5) is 42.0. The van der Waals surface area contributed by atoms with Crippen LogP contribution in [-0.2, 0) is 6.54 Å². The largest absolute Gasteiger partial charge is 0.497 e. The fourth-order valence-corrected chi connectivity index (χ4v) is 5.77. The molecule has 0 atom stereocenters. The van der Waals surface area contributed by atoms with Crippen LogP contribution in [0.2, 0.25) is 0 Å². The minimum absolute atomic E-state index is 0.0696. The van der Waals surface area contributed by atoms with Crippen molar-refractivity contribution in [1.29, 1.82) is 0 Å². The molecule has 0 spiro atoms. The van der Waals surface area contributed by atoms with Gasteiger partial charge in [-0.05, 0) is 23.8 Å². The molecule has 36 heavy (non-hydrogen) atoms. The molecule has 5 aromatic rings. The highest BCUT2D eigenvalue weighted by Crippen LogP contribution is 2.34. The van der Waals surface area contributed by atoms with Crippen LogP contribution in [0.15, 0.2) is 82.7 Å². The number of aromatic nitrogens is 2. The number of ether oxygens (including phenoxy) is 1. The van der Waals surface area contributed by atoms with Gasteiger partial charge in [0.05, 0.1) is 29.8 Å². The molecule has 0 saturated heterocycles. The van der Waals surface area contributed by atoms with Gasteiger partial charge in [-0.15, -0.1) is 11.3 Å². The molecule has 0 fully saturated rings. The minimum Gasteiger partial charge on any atom is -0.497 e. The van der Waals surface area contributed by atoms with Gasteiger partial charge < -0.3 is 4.74 Å². The third-order valence-corrected chi connectivity index (χ3v) is 7.79. The molecule has 0 saturated carbocycles. The number of nitrogens with zero attached hydrogens (tertiary/aromatic N) is 3. The standard InChI is InChI=1S/C26H19N3O5S2/c1-34-19-10-7-16(8-11-19)14-28-25(31)24-23(20-13-18(29(32)33)9-12-22(20)36-24)27-26(28)35-15-21(30)17-5-3-2-4-6-17/h2-13H,14-15H2,1H3. The number of nitro benzene ring substituents is 1. The van der Waals surface area contributed by atoms with Gasteiger partial charge in [0.2, 0.25) is 0 Å². The molecule has 0 aliphatic carbocycles. The second-order valence-corrected chi connectivity index (χ2v) is 9.92. The molecule has 3 aromatic carbocycles. The number of hydrogen-bond acceptors (Lipinski definition) is 8. The zero-order valence-electron chi connectivity index (χ0n) is 19.0. The molecular formula is C26H19N3O5S2. The molecule has 180 valence electrons. The second kappa shape index (κ2) is 9.92. The monoisotopic (exact) mass is 517 g/mol. The Bertz CT molecular complexity index is 1660. The van der Waals surface area contributed by atoms with E-state index in [-0.39, 0.29) is 29.3 Å². The van der Waals surface area contributed by atoms with Crippen molar-refractivity contribution < 1.29 is 14.5 Å². The van der Waals surface area contributed by atoms with E-state index in [9.17, 15) is 19.7 Å². The lowest BCUT2D eigenvalue weighted by Crippen LogP contribution is -2.23. The Hall–Kier alpha value is -4.02. The smallest absolute Gasteiger partial charge is 0.272 e. The first-order valence-corrected chi connectivity index (χ1v) is 12.7. The molecule has 0 unspecified atom stereocenters. The number of Topliss-reactive ketones (excluding diaryl/α,β-unsaturated/α-hetero) is 1. The fourth-order valence-electron chi connectivity index (χ4n) is 3.81. The summed E-state index contributed by atoms with van der Waals surface area (Å²) in [5, 5.41) is 12.2. The van der Waals surface area contributed by atoms with Crippen molar-refractivity contribution in [1.82, 2.24) is 9.55 Å². The maximum Gasteiger partial charge on any atom is 0.272 e. The van der Waals surface area contributed by atoms with Gasteiger partial charge in [-0.3, -0.25) is 24.3 Å². The molecule has 10 heteroatoms. The summed E-state index contributed by atoms with van der Waals surface area (Å²) in [6.45, 7) is 0.252. The van der Waals surface area contributed by atoms with Crippen molar-refractivity contribution in [3.63, 3.8) is 0 Å². The average Bonchev–Trinajstić information content (AvgIpc) is 3.28. The summed E-state index contributed by atoms with van der Waals surface area (Å²) < 4.78 is 7.92. The summed E-state index contributed by atoms with van der Waals surface area (Å²) in [6, 6.07) is 20.8. The van der Waals surface area contributed by atoms with Gasteiger partial charge in [0.25, 0.3) is 11.2 Å². The molecule has 0 bridgehead atoms. The van der Waals surface area contributed by atoms with E-state index < -0.39 is 4.92 Å². The topological polar surface area (TPSA) is 104 Å². The van der Waals surface area contributed by atoms with E-state index in [2.05, 4.69) is 0 Å². The first-order chi connectivity index (χ1) is 17.4. The number of nitro groups is 1. The maximum absolute atomic E-state index is 13.7. The molecule has 5 rings (SSSR count). The first-order valence-electron chi connectivity index (χ1n) is 10.9. The van der Waals surface area contributed by atoms with Gasteiger partial charge in [-0.25, -0.2) is 4.98 Å². The summed E-state index contributed by atoms with van der Waals surface area (Å²) in [6.07, 6.45) is 0. The highest BCUT2D eigenvalue weighted by Gasteiger charge is 2.20. The highest BCUT2D eigenvalue weighted by atomic mass is 32.2. The van der Waals surface area contributed by atoms with Gasteiger partial charge in [-0.1, -0.05) is 54.2 Å². The molecule has 0 aliphatic rings. The summed E-state index contributed by atoms with van der Waals surface area (Å²) >= 11 is 2.43. The van der Waals surface area contributed by atoms with Gasteiger partial charge in [0.1, 0.15) is 10.4 Å². The molecule has 0 radical (unpaired) electrons. The van der Waals surface area contributed by atoms with Crippen molar-refractivity contribution in [3.8, 4) is 5.75 Å². The van der Waals surface area contributed by atoms with E-state index >= 15 is 0 Å². The summed E-state index contributed by atoms with van der Waals surface area (Å²) in [5.41, 5.74) is 1.53. The number of ketones is 1. The van der Waals surface area contributed by atoms with Crippen molar-refractivity contribution in [2.24, 2.45) is 0 Å². The molecule has 8 nitrogen and oxygen atoms in total. The number of non-ortho nitro benzene ring substituents is 1. The Morgan fingerprint density at radius 3 is 2.56 bits per heavy atom. The van der Waals surface area contributed by atoms with E-state index in [0.29, 0.717) is 32.1 Å². The lowest BCUT2D eigenvalue weighted by atomic mass is 10.2. The number of methoxy groups -OCH3 is 1. The number of thiophene rings is 1. The molecule has 2 aromatic heterocycles. The Morgan fingerprint density at radius 1 is 1.11 bits per heavy atom. The predicted octanol–water partition coefficient (Wildman–Crippen LogP) is 5.55. The van der Waals surface area contributed by atoms with Crippen LogP contribution in [-0.4, -0.2) is 33.1 Å². The van der Waals surface area contributed by atoms with Crippen molar-refractivity contribution in [3.05, 3.63) is 104 Å². The second-order valence-electron chi connectivity index (χ2n) is 7.93. The molecular weight excluding hydrogens is 498 g/mol. The van der Waals surface area contributed by atoms with Crippen LogP contribution in [0.25, 0.3) is 20.3 Å². The van der Waals surface area contributed by atoms with E-state index in [4.69, 9.17) is 9.72 Å². The van der Waals surface area contributed by atoms with E-state index in [1.54, 1.807) is 42.0 Å². The SMILES string of the molecule is COc1ccc(Cn2c(SCC(=O)c3ccccc3)nc3c(sc4ccc([N+](=O)[O-])cc43)c2=O)cc1. The average molecular weight is 518 g/mol. The molecule has 0 amide bonds. The van der Waals surface area contributed by atoms with Gasteiger partial charge >= 0.3 is 0 Å². The highest BCUT2D eigenvalue weighted by molar-refractivity contribution is 7.99. The number of carbonyl (C=O) groups excluding carboxylic acids is 1. The number of thioether (sulfide) groups is 1. The Labute approximate surface area is 213 Å². The zero-order valence-corrected chi connectivity index (χ0v) is 20.7. The van der Waals surface area contributed by atoms with Crippen molar-refractivity contribution in [2.45, 2.75) is 11.7 Å². The van der Waals surface area contributed by atoms with Gasteiger partial charge in [0.15, 0.2) is 10.9 Å². The number of rotatable bonds is 8. The lowest BCUT2D eigenvalue weighted by molar-refractivity contribution is -0.384. The Balaban J connectivity index is 1.61. The fraction of sp³-hybridized carbons (Fsp3) is 0.115. The lowest BCUT2D eigenvalue weighted by Gasteiger charge is -2.12. The van der Waals surface area contributed by atoms with Crippen LogP contribution in [0.4, 0.5) is 5.69 Å². The maximum atomic E-state index is 13.7. The van der Waals surface area contributed by atoms with Crippen molar-refractivity contribution in [2.75, 3.05) is 12.9 Å². The van der Waals surface area contributed by atoms with E-state index in [1.165, 1.54) is 35.2 Å². The number of hydrogen-bond donors (Lipinski definition) is 0. The molecule has 0 aliphatic heterocycles. The van der Waals surface area contributed by atoms with Gasteiger partial charge in [-0.2, -0.15) is 0 Å². The quantitative estimate of drug-likeness (QED) is 0.0873. The third-order valence-electron chi connectivity index (χ3n) is 5.66. The molecule has 0 N–H and O–H groups in total. The van der Waals surface area contributed by atoms with Crippen molar-refractivity contribution >= 4 is 54.9 Å². The van der Waals surface area contributed by atoms with Crippen LogP contribution >= 0.6 is 23.1 Å². The van der Waals surface area contributed by atoms with Gasteiger partial charge in [0, 0.05) is 27.8 Å². The van der Waals surface area contributed by atoms with Crippen LogP contribution in [0.5, 0.6) is 5.75 Å². The normalized spacial score (nSPS) is 11.1. The van der Waals surface area contributed by atoms with E-state index in [1.807, 2.05) is 30.3 Å². The minimum atomic E-state index is -0.470. The van der Waals surface area contributed by atoms with Crippen LogP contribution in [0.1, 0.15) is 15.9 Å². The third kappa shape index (κ3) is 4.60. The summed E-state index contributed by atoms with van der Waals surface area (Å²) in [5.74, 6) is 0.706. The van der Waals surface area contributed by atoms with E-state index in [0.717, 1.165) is 10.3 Å². The number of fused-ring (bicyclic) bond motifs is 3. The van der Waals surface area contributed by atoms with Crippen LogP contribution in [0.3, 0.4) is 0 Å². The Morgan fingerprint density at radius 2 is 1.86 bits per heavy atom. The Kier molecular flexibility index (Phi) is 6.53.